The Morgan fingerprint density at radius 1 is 1.18 bits per heavy atom. The van der Waals surface area contributed by atoms with E-state index in [0.29, 0.717) is 22.9 Å². The smallest absolute Gasteiger partial charge is 0.266 e. The van der Waals surface area contributed by atoms with Crippen LogP contribution in [0.4, 0.5) is 0 Å². The van der Waals surface area contributed by atoms with Gasteiger partial charge in [-0.05, 0) is 37.3 Å². The van der Waals surface area contributed by atoms with Crippen LogP contribution in [0.15, 0.2) is 59.5 Å². The summed E-state index contributed by atoms with van der Waals surface area (Å²) in [5, 5.41) is 7.75. The average molecular weight is 399 g/mol. The number of nitrogens with zero attached hydrogens (tertiary/aromatic N) is 3. The van der Waals surface area contributed by atoms with Crippen molar-refractivity contribution in [3.05, 3.63) is 75.7 Å². The zero-order valence-electron chi connectivity index (χ0n) is 15.3. The molecule has 0 unspecified atom stereocenters. The lowest BCUT2D eigenvalue weighted by molar-refractivity contribution is 0.0947. The molecule has 1 amide bonds. The molecule has 0 fully saturated rings. The van der Waals surface area contributed by atoms with Crippen molar-refractivity contribution in [2.45, 2.75) is 13.5 Å². The van der Waals surface area contributed by atoms with Gasteiger partial charge in [0.15, 0.2) is 0 Å². The summed E-state index contributed by atoms with van der Waals surface area (Å²) in [6, 6.07) is 13.6. The van der Waals surface area contributed by atoms with Crippen LogP contribution in [0.2, 0.25) is 5.02 Å². The number of hydrogen-bond donors (Lipinski definition) is 1. The van der Waals surface area contributed by atoms with Crippen molar-refractivity contribution < 1.29 is 9.53 Å². The average Bonchev–Trinajstić information content (AvgIpc) is 2.70. The molecular formula is C20H19ClN4O3. The van der Waals surface area contributed by atoms with Crippen LogP contribution in [-0.4, -0.2) is 33.8 Å². The minimum absolute atomic E-state index is 0.232. The lowest BCUT2D eigenvalue weighted by Gasteiger charge is -2.10. The van der Waals surface area contributed by atoms with E-state index in [9.17, 15) is 9.59 Å². The number of aromatic nitrogens is 3. The first kappa shape index (κ1) is 19.6. The second kappa shape index (κ2) is 9.14. The highest BCUT2D eigenvalue weighted by Gasteiger charge is 2.13. The van der Waals surface area contributed by atoms with Gasteiger partial charge in [-0.15, -0.1) is 0 Å². The molecule has 3 aromatic rings. The molecule has 2 heterocycles. The van der Waals surface area contributed by atoms with Crippen LogP contribution in [0.25, 0.3) is 11.3 Å². The zero-order chi connectivity index (χ0) is 19.9. The Kier molecular flexibility index (Phi) is 6.39. The fourth-order valence-electron chi connectivity index (χ4n) is 2.57. The number of halogens is 1. The molecule has 1 aromatic carbocycles. The summed E-state index contributed by atoms with van der Waals surface area (Å²) in [5.41, 5.74) is 1.59. The van der Waals surface area contributed by atoms with Crippen molar-refractivity contribution in [2.75, 3.05) is 13.2 Å². The molecule has 1 N–H and O–H groups in total. The molecule has 0 radical (unpaired) electrons. The minimum Gasteiger partial charge on any atom is -0.477 e. The highest BCUT2D eigenvalue weighted by molar-refractivity contribution is 6.30. The summed E-state index contributed by atoms with van der Waals surface area (Å²) < 4.78 is 6.68. The van der Waals surface area contributed by atoms with Crippen molar-refractivity contribution in [3.63, 3.8) is 0 Å². The van der Waals surface area contributed by atoms with Crippen LogP contribution in [-0.2, 0) is 6.54 Å². The highest BCUT2D eigenvalue weighted by Crippen LogP contribution is 2.18. The molecule has 7 nitrogen and oxygen atoms in total. The van der Waals surface area contributed by atoms with Gasteiger partial charge >= 0.3 is 0 Å². The van der Waals surface area contributed by atoms with Crippen LogP contribution < -0.4 is 15.6 Å². The van der Waals surface area contributed by atoms with Crippen LogP contribution in [0, 0.1) is 0 Å². The van der Waals surface area contributed by atoms with Gasteiger partial charge in [-0.1, -0.05) is 23.7 Å². The number of hydrogen-bond acceptors (Lipinski definition) is 5. The van der Waals surface area contributed by atoms with Crippen molar-refractivity contribution in [1.29, 1.82) is 0 Å². The van der Waals surface area contributed by atoms with Gasteiger partial charge in [0, 0.05) is 29.4 Å². The topological polar surface area (TPSA) is 86.1 Å². The van der Waals surface area contributed by atoms with Crippen molar-refractivity contribution >= 4 is 17.5 Å². The Balaban J connectivity index is 1.68. The van der Waals surface area contributed by atoms with Crippen LogP contribution in [0.5, 0.6) is 5.88 Å². The van der Waals surface area contributed by atoms with E-state index >= 15 is 0 Å². The van der Waals surface area contributed by atoms with Crippen molar-refractivity contribution in [1.82, 2.24) is 20.1 Å². The van der Waals surface area contributed by atoms with Crippen molar-refractivity contribution in [2.24, 2.45) is 0 Å². The highest BCUT2D eigenvalue weighted by atomic mass is 35.5. The monoisotopic (exact) mass is 398 g/mol. The number of amides is 1. The van der Waals surface area contributed by atoms with Crippen LogP contribution >= 0.6 is 11.6 Å². The van der Waals surface area contributed by atoms with Crippen LogP contribution in [0.3, 0.4) is 0 Å². The predicted molar refractivity (Wildman–Crippen MR) is 107 cm³/mol. The predicted octanol–water partition coefficient (Wildman–Crippen LogP) is 2.79. The molecule has 144 valence electrons. The SMILES string of the molecule is CCOc1ncccc1C(=O)NCCn1nc(-c2ccc(Cl)cc2)ccc1=O. The maximum atomic E-state index is 12.4. The molecule has 0 aliphatic rings. The van der Waals surface area contributed by atoms with E-state index in [1.165, 1.54) is 10.7 Å². The Morgan fingerprint density at radius 2 is 1.96 bits per heavy atom. The Bertz CT molecular complexity index is 1020. The third kappa shape index (κ3) is 4.75. The molecule has 0 atom stereocenters. The molecule has 3 rings (SSSR count). The number of carbonyl (C=O) groups is 1. The molecule has 28 heavy (non-hydrogen) atoms. The maximum Gasteiger partial charge on any atom is 0.266 e. The number of nitrogens with one attached hydrogen (secondary N) is 1. The van der Waals surface area contributed by atoms with E-state index in [2.05, 4.69) is 15.4 Å². The van der Waals surface area contributed by atoms with E-state index in [4.69, 9.17) is 16.3 Å². The molecule has 0 bridgehead atoms. The molecule has 0 aliphatic heterocycles. The third-order valence-corrected chi connectivity index (χ3v) is 4.16. The summed E-state index contributed by atoms with van der Waals surface area (Å²) in [7, 11) is 0. The van der Waals surface area contributed by atoms with E-state index in [1.54, 1.807) is 36.5 Å². The van der Waals surface area contributed by atoms with E-state index in [1.807, 2.05) is 19.1 Å². The zero-order valence-corrected chi connectivity index (χ0v) is 16.0. The third-order valence-electron chi connectivity index (χ3n) is 3.91. The van der Waals surface area contributed by atoms with Gasteiger partial charge in [0.1, 0.15) is 5.56 Å². The lowest BCUT2D eigenvalue weighted by atomic mass is 10.1. The van der Waals surface area contributed by atoms with E-state index in [-0.39, 0.29) is 30.4 Å². The first-order valence-corrected chi connectivity index (χ1v) is 9.16. The molecule has 2 aromatic heterocycles. The van der Waals surface area contributed by atoms with Gasteiger partial charge in [0.2, 0.25) is 5.88 Å². The summed E-state index contributed by atoms with van der Waals surface area (Å²) in [6.07, 6.45) is 1.56. The number of ether oxygens (including phenoxy) is 1. The summed E-state index contributed by atoms with van der Waals surface area (Å²) >= 11 is 5.91. The van der Waals surface area contributed by atoms with E-state index < -0.39 is 0 Å². The second-order valence-corrected chi connectivity index (χ2v) is 6.27. The van der Waals surface area contributed by atoms with Gasteiger partial charge in [0.25, 0.3) is 11.5 Å². The Morgan fingerprint density at radius 3 is 2.71 bits per heavy atom. The van der Waals surface area contributed by atoms with Crippen LogP contribution in [0.1, 0.15) is 17.3 Å². The van der Waals surface area contributed by atoms with Gasteiger partial charge in [0.05, 0.1) is 18.8 Å². The number of carbonyl (C=O) groups excluding carboxylic acids is 1. The fraction of sp³-hybridized carbons (Fsp3) is 0.200. The Labute approximate surface area is 166 Å². The van der Waals surface area contributed by atoms with Gasteiger partial charge in [-0.3, -0.25) is 9.59 Å². The summed E-state index contributed by atoms with van der Waals surface area (Å²) in [5.74, 6) is -0.0408. The first-order chi connectivity index (χ1) is 13.6. The molecule has 0 saturated carbocycles. The maximum absolute atomic E-state index is 12.4. The molecule has 8 heteroatoms. The first-order valence-electron chi connectivity index (χ1n) is 8.78. The molecule has 0 saturated heterocycles. The largest absolute Gasteiger partial charge is 0.477 e. The van der Waals surface area contributed by atoms with E-state index in [0.717, 1.165) is 5.56 Å². The number of rotatable bonds is 7. The Hall–Kier alpha value is -3.19. The van der Waals surface area contributed by atoms with Crippen molar-refractivity contribution in [3.8, 4) is 17.1 Å². The molecular weight excluding hydrogens is 380 g/mol. The molecule has 0 spiro atoms. The van der Waals surface area contributed by atoms with Gasteiger partial charge in [-0.2, -0.15) is 5.10 Å². The lowest BCUT2D eigenvalue weighted by Crippen LogP contribution is -2.32. The summed E-state index contributed by atoms with van der Waals surface area (Å²) in [4.78, 5) is 28.5. The summed E-state index contributed by atoms with van der Waals surface area (Å²) in [6.45, 7) is 2.70. The minimum atomic E-state index is -0.321. The standard InChI is InChI=1S/C20H19ClN4O3/c1-2-28-20-16(4-3-11-23-20)19(27)22-12-13-25-18(26)10-9-17(24-25)14-5-7-15(21)8-6-14/h3-11H,2,12-13H2,1H3,(H,22,27). The number of pyridine rings is 1. The quantitative estimate of drug-likeness (QED) is 0.661. The van der Waals surface area contributed by atoms with Gasteiger partial charge < -0.3 is 10.1 Å². The second-order valence-electron chi connectivity index (χ2n) is 5.83. The number of benzene rings is 1. The van der Waals surface area contributed by atoms with Gasteiger partial charge in [-0.25, -0.2) is 9.67 Å². The fourth-order valence-corrected chi connectivity index (χ4v) is 2.70. The normalized spacial score (nSPS) is 10.5. The molecule has 0 aliphatic carbocycles.